The van der Waals surface area contributed by atoms with Gasteiger partial charge in [0.1, 0.15) is 5.78 Å². The van der Waals surface area contributed by atoms with E-state index in [2.05, 4.69) is 4.99 Å². The molecule has 0 saturated carbocycles. The minimum Gasteiger partial charge on any atom is -0.299 e. The normalized spacial score (nSPS) is 26.4. The van der Waals surface area contributed by atoms with E-state index in [4.69, 9.17) is 0 Å². The highest BCUT2D eigenvalue weighted by Gasteiger charge is 2.13. The summed E-state index contributed by atoms with van der Waals surface area (Å²) in [6, 6.07) is 0. The SMILES string of the molecule is CC(=O)C1C=NCC1. The van der Waals surface area contributed by atoms with Gasteiger partial charge in [-0.05, 0) is 13.3 Å². The third-order valence-electron chi connectivity index (χ3n) is 1.38. The smallest absolute Gasteiger partial charge is 0.138 e. The topological polar surface area (TPSA) is 29.4 Å². The van der Waals surface area contributed by atoms with Gasteiger partial charge in [0, 0.05) is 12.8 Å². The molecule has 0 spiro atoms. The van der Waals surface area contributed by atoms with Crippen LogP contribution >= 0.6 is 0 Å². The van der Waals surface area contributed by atoms with Gasteiger partial charge in [0.05, 0.1) is 5.92 Å². The van der Waals surface area contributed by atoms with Crippen molar-refractivity contribution in [2.75, 3.05) is 6.54 Å². The lowest BCUT2D eigenvalue weighted by Gasteiger charge is -1.95. The summed E-state index contributed by atoms with van der Waals surface area (Å²) in [6.45, 7) is 2.45. The van der Waals surface area contributed by atoms with Crippen LogP contribution < -0.4 is 0 Å². The van der Waals surface area contributed by atoms with Gasteiger partial charge in [-0.2, -0.15) is 0 Å². The monoisotopic (exact) mass is 111 g/mol. The molecular weight excluding hydrogens is 102 g/mol. The Labute approximate surface area is 48.6 Å². The zero-order chi connectivity index (χ0) is 5.98. The molecule has 8 heavy (non-hydrogen) atoms. The molecule has 0 N–H and O–H groups in total. The van der Waals surface area contributed by atoms with Crippen LogP contribution in [0.4, 0.5) is 0 Å². The van der Waals surface area contributed by atoms with Gasteiger partial charge in [-0.15, -0.1) is 0 Å². The van der Waals surface area contributed by atoms with Crippen LogP contribution in [0, 0.1) is 5.92 Å². The van der Waals surface area contributed by atoms with Crippen LogP contribution in [0.15, 0.2) is 4.99 Å². The maximum atomic E-state index is 10.6. The van der Waals surface area contributed by atoms with Gasteiger partial charge < -0.3 is 0 Å². The molecule has 0 aromatic heterocycles. The Balaban J connectivity index is 2.48. The van der Waals surface area contributed by atoms with E-state index in [-0.39, 0.29) is 11.7 Å². The first-order valence-electron chi connectivity index (χ1n) is 2.81. The Kier molecular flexibility index (Phi) is 1.42. The fourth-order valence-corrected chi connectivity index (χ4v) is 0.798. The molecule has 0 amide bonds. The van der Waals surface area contributed by atoms with Gasteiger partial charge in [-0.3, -0.25) is 9.79 Å². The summed E-state index contributed by atoms with van der Waals surface area (Å²) in [4.78, 5) is 14.5. The summed E-state index contributed by atoms with van der Waals surface area (Å²) in [7, 11) is 0. The predicted octanol–water partition coefficient (Wildman–Crippen LogP) is 0.666. The van der Waals surface area contributed by atoms with Gasteiger partial charge >= 0.3 is 0 Å². The minimum atomic E-state index is 0.134. The summed E-state index contributed by atoms with van der Waals surface area (Å²) in [5, 5.41) is 0. The standard InChI is InChI=1S/C6H9NO/c1-5(8)6-2-3-7-4-6/h4,6H,2-3H2,1H3. The van der Waals surface area contributed by atoms with Crippen LogP contribution in [0.1, 0.15) is 13.3 Å². The summed E-state index contributed by atoms with van der Waals surface area (Å²) >= 11 is 0. The van der Waals surface area contributed by atoms with Crippen molar-refractivity contribution in [1.82, 2.24) is 0 Å². The maximum Gasteiger partial charge on any atom is 0.138 e. The highest BCUT2D eigenvalue weighted by Crippen LogP contribution is 2.07. The number of nitrogens with zero attached hydrogens (tertiary/aromatic N) is 1. The number of carbonyl (C=O) groups excluding carboxylic acids is 1. The van der Waals surface area contributed by atoms with E-state index >= 15 is 0 Å². The zero-order valence-corrected chi connectivity index (χ0v) is 4.92. The van der Waals surface area contributed by atoms with E-state index in [1.54, 1.807) is 13.1 Å². The van der Waals surface area contributed by atoms with Crippen molar-refractivity contribution in [3.8, 4) is 0 Å². The van der Waals surface area contributed by atoms with E-state index in [9.17, 15) is 4.79 Å². The van der Waals surface area contributed by atoms with Crippen LogP contribution in [0.5, 0.6) is 0 Å². The fraction of sp³-hybridized carbons (Fsp3) is 0.667. The van der Waals surface area contributed by atoms with E-state index in [0.717, 1.165) is 13.0 Å². The van der Waals surface area contributed by atoms with Crippen molar-refractivity contribution in [2.24, 2.45) is 10.9 Å². The number of ketones is 1. The van der Waals surface area contributed by atoms with Gasteiger partial charge in [0.15, 0.2) is 0 Å². The van der Waals surface area contributed by atoms with Crippen molar-refractivity contribution in [3.63, 3.8) is 0 Å². The molecule has 2 heteroatoms. The number of hydrogen-bond acceptors (Lipinski definition) is 2. The van der Waals surface area contributed by atoms with Crippen molar-refractivity contribution in [3.05, 3.63) is 0 Å². The van der Waals surface area contributed by atoms with Crippen LogP contribution in [0.3, 0.4) is 0 Å². The van der Waals surface area contributed by atoms with E-state index in [1.165, 1.54) is 0 Å². The van der Waals surface area contributed by atoms with Crippen LogP contribution in [0.2, 0.25) is 0 Å². The Morgan fingerprint density at radius 3 is 2.88 bits per heavy atom. The van der Waals surface area contributed by atoms with Crippen LogP contribution in [0.25, 0.3) is 0 Å². The largest absolute Gasteiger partial charge is 0.299 e. The Morgan fingerprint density at radius 1 is 1.88 bits per heavy atom. The molecule has 1 unspecified atom stereocenters. The molecule has 1 aliphatic rings. The van der Waals surface area contributed by atoms with E-state index < -0.39 is 0 Å². The second-order valence-corrected chi connectivity index (χ2v) is 2.06. The van der Waals surface area contributed by atoms with Crippen molar-refractivity contribution in [1.29, 1.82) is 0 Å². The van der Waals surface area contributed by atoms with Gasteiger partial charge in [0.25, 0.3) is 0 Å². The summed E-state index contributed by atoms with van der Waals surface area (Å²) in [6.07, 6.45) is 2.68. The Morgan fingerprint density at radius 2 is 2.62 bits per heavy atom. The lowest BCUT2D eigenvalue weighted by atomic mass is 10.1. The van der Waals surface area contributed by atoms with Crippen molar-refractivity contribution < 1.29 is 4.79 Å². The van der Waals surface area contributed by atoms with Gasteiger partial charge in [-0.1, -0.05) is 0 Å². The first-order chi connectivity index (χ1) is 3.80. The quantitative estimate of drug-likeness (QED) is 0.489. The number of carbonyl (C=O) groups is 1. The molecule has 0 fully saturated rings. The second kappa shape index (κ2) is 2.07. The van der Waals surface area contributed by atoms with Crippen LogP contribution in [-0.4, -0.2) is 18.5 Å². The summed E-state index contributed by atoms with van der Waals surface area (Å²) < 4.78 is 0. The van der Waals surface area contributed by atoms with Crippen molar-refractivity contribution in [2.45, 2.75) is 13.3 Å². The second-order valence-electron chi connectivity index (χ2n) is 2.06. The lowest BCUT2D eigenvalue weighted by molar-refractivity contribution is -0.118. The average Bonchev–Trinajstić information content (AvgIpc) is 2.12. The lowest BCUT2D eigenvalue weighted by Crippen LogP contribution is -2.07. The number of hydrogen-bond donors (Lipinski definition) is 0. The number of aliphatic imine (C=N–C) groups is 1. The summed E-state index contributed by atoms with van der Waals surface area (Å²) in [5.41, 5.74) is 0. The third kappa shape index (κ3) is 0.941. The number of Topliss-reactive ketones (excluding diaryl/α,β-unsaturated/α-hetero) is 1. The molecule has 2 nitrogen and oxygen atoms in total. The van der Waals surface area contributed by atoms with E-state index in [0.29, 0.717) is 0 Å². The predicted molar refractivity (Wildman–Crippen MR) is 32.1 cm³/mol. The third-order valence-corrected chi connectivity index (χ3v) is 1.38. The van der Waals surface area contributed by atoms with Crippen molar-refractivity contribution >= 4 is 12.0 Å². The molecule has 1 heterocycles. The van der Waals surface area contributed by atoms with E-state index in [1.807, 2.05) is 0 Å². The zero-order valence-electron chi connectivity index (χ0n) is 4.92. The molecule has 0 saturated heterocycles. The molecule has 0 bridgehead atoms. The molecule has 44 valence electrons. The molecular formula is C6H9NO. The molecule has 0 aromatic rings. The van der Waals surface area contributed by atoms with Gasteiger partial charge in [-0.25, -0.2) is 0 Å². The summed E-state index contributed by atoms with van der Waals surface area (Å²) in [5.74, 6) is 0.376. The first-order valence-corrected chi connectivity index (χ1v) is 2.81. The number of rotatable bonds is 1. The Bertz CT molecular complexity index is 128. The Hall–Kier alpha value is -0.660. The van der Waals surface area contributed by atoms with Gasteiger partial charge in [0.2, 0.25) is 0 Å². The highest BCUT2D eigenvalue weighted by molar-refractivity contribution is 5.94. The molecule has 1 rings (SSSR count). The highest BCUT2D eigenvalue weighted by atomic mass is 16.1. The fourth-order valence-electron chi connectivity index (χ4n) is 0.798. The average molecular weight is 111 g/mol. The molecule has 0 aliphatic carbocycles. The minimum absolute atomic E-state index is 0.134. The van der Waals surface area contributed by atoms with Crippen LogP contribution in [-0.2, 0) is 4.79 Å². The first kappa shape index (κ1) is 5.48. The molecule has 0 radical (unpaired) electrons. The molecule has 1 atom stereocenters. The molecule has 0 aromatic carbocycles. The maximum absolute atomic E-state index is 10.6. The molecule has 1 aliphatic heterocycles.